The van der Waals surface area contributed by atoms with Gasteiger partial charge in [-0.2, -0.15) is 0 Å². The van der Waals surface area contributed by atoms with Crippen LogP contribution in [0.4, 0.5) is 5.69 Å². The third-order valence-electron chi connectivity index (χ3n) is 4.80. The summed E-state index contributed by atoms with van der Waals surface area (Å²) in [5.74, 6) is 0.921. The molecule has 2 N–H and O–H groups in total. The molecule has 0 amide bonds. The minimum absolute atomic E-state index is 0.501. The van der Waals surface area contributed by atoms with Crippen molar-refractivity contribution in [2.45, 2.75) is 45.1 Å². The van der Waals surface area contributed by atoms with Gasteiger partial charge in [0.05, 0.1) is 0 Å². The second-order valence-electron chi connectivity index (χ2n) is 5.96. The van der Waals surface area contributed by atoms with Crippen molar-refractivity contribution >= 4 is 22.9 Å². The highest BCUT2D eigenvalue weighted by Gasteiger charge is 2.35. The Labute approximate surface area is 121 Å². The molecule has 2 nitrogen and oxygen atoms in total. The molecule has 0 bridgehead atoms. The van der Waals surface area contributed by atoms with Gasteiger partial charge in [-0.3, -0.25) is 0 Å². The molecule has 102 valence electrons. The average Bonchev–Trinajstić information content (AvgIpc) is 2.86. The SMILES string of the molecule is Cc1cc(N2CCCC3CCCC32)ccc1C(N)=S. The second kappa shape index (κ2) is 5.12. The van der Waals surface area contributed by atoms with Gasteiger partial charge in [-0.05, 0) is 62.3 Å². The van der Waals surface area contributed by atoms with Crippen molar-refractivity contribution in [3.8, 4) is 0 Å². The molecular formula is C16H22N2S. The van der Waals surface area contributed by atoms with Crippen molar-refractivity contribution in [2.75, 3.05) is 11.4 Å². The van der Waals surface area contributed by atoms with E-state index in [1.165, 1.54) is 49.9 Å². The second-order valence-corrected chi connectivity index (χ2v) is 6.40. The third kappa shape index (κ3) is 2.36. The van der Waals surface area contributed by atoms with Gasteiger partial charge in [-0.1, -0.05) is 18.6 Å². The molecule has 1 saturated carbocycles. The molecule has 1 aliphatic heterocycles. The zero-order valence-electron chi connectivity index (χ0n) is 11.6. The van der Waals surface area contributed by atoms with E-state index in [0.717, 1.165) is 17.5 Å². The van der Waals surface area contributed by atoms with Crippen LogP contribution in [0, 0.1) is 12.8 Å². The van der Waals surface area contributed by atoms with E-state index in [-0.39, 0.29) is 0 Å². The lowest BCUT2D eigenvalue weighted by Gasteiger charge is -2.39. The number of rotatable bonds is 2. The monoisotopic (exact) mass is 274 g/mol. The zero-order valence-corrected chi connectivity index (χ0v) is 12.4. The molecule has 3 rings (SSSR count). The van der Waals surface area contributed by atoms with Gasteiger partial charge in [0.15, 0.2) is 0 Å². The maximum atomic E-state index is 5.75. The van der Waals surface area contributed by atoms with Gasteiger partial charge in [0.2, 0.25) is 0 Å². The number of hydrogen-bond acceptors (Lipinski definition) is 2. The number of nitrogens with zero attached hydrogens (tertiary/aromatic N) is 1. The molecule has 2 atom stereocenters. The Morgan fingerprint density at radius 2 is 2.05 bits per heavy atom. The smallest absolute Gasteiger partial charge is 0.104 e. The van der Waals surface area contributed by atoms with Crippen molar-refractivity contribution in [2.24, 2.45) is 11.7 Å². The highest BCUT2D eigenvalue weighted by atomic mass is 32.1. The van der Waals surface area contributed by atoms with Crippen LogP contribution in [-0.2, 0) is 0 Å². The predicted molar refractivity (Wildman–Crippen MR) is 84.8 cm³/mol. The minimum Gasteiger partial charge on any atom is -0.389 e. The van der Waals surface area contributed by atoms with E-state index in [4.69, 9.17) is 18.0 Å². The number of piperidine rings is 1. The van der Waals surface area contributed by atoms with Crippen molar-refractivity contribution in [3.05, 3.63) is 29.3 Å². The van der Waals surface area contributed by atoms with Gasteiger partial charge in [-0.25, -0.2) is 0 Å². The van der Waals surface area contributed by atoms with E-state index in [1.807, 2.05) is 0 Å². The highest BCUT2D eigenvalue weighted by Crippen LogP contribution is 2.39. The molecular weight excluding hydrogens is 252 g/mol. The van der Waals surface area contributed by atoms with Crippen LogP contribution in [0.5, 0.6) is 0 Å². The molecule has 1 saturated heterocycles. The van der Waals surface area contributed by atoms with Gasteiger partial charge >= 0.3 is 0 Å². The number of nitrogens with two attached hydrogens (primary N) is 1. The summed E-state index contributed by atoms with van der Waals surface area (Å²) >= 11 is 5.09. The molecule has 1 aromatic rings. The van der Waals surface area contributed by atoms with Crippen LogP contribution >= 0.6 is 12.2 Å². The Balaban J connectivity index is 1.89. The lowest BCUT2D eigenvalue weighted by molar-refractivity contribution is 0.362. The van der Waals surface area contributed by atoms with Crippen LogP contribution in [0.3, 0.4) is 0 Å². The van der Waals surface area contributed by atoms with E-state index < -0.39 is 0 Å². The largest absolute Gasteiger partial charge is 0.389 e. The fourth-order valence-electron chi connectivity index (χ4n) is 3.88. The summed E-state index contributed by atoms with van der Waals surface area (Å²) in [6.07, 6.45) is 6.93. The molecule has 3 heteroatoms. The van der Waals surface area contributed by atoms with Crippen LogP contribution < -0.4 is 10.6 Å². The van der Waals surface area contributed by atoms with E-state index >= 15 is 0 Å². The molecule has 19 heavy (non-hydrogen) atoms. The van der Waals surface area contributed by atoms with Crippen LogP contribution in [0.1, 0.15) is 43.2 Å². The summed E-state index contributed by atoms with van der Waals surface area (Å²) in [7, 11) is 0. The van der Waals surface area contributed by atoms with Gasteiger partial charge in [-0.15, -0.1) is 0 Å². The molecule has 2 fully saturated rings. The Bertz CT molecular complexity index is 498. The first-order valence-corrected chi connectivity index (χ1v) is 7.75. The van der Waals surface area contributed by atoms with Crippen molar-refractivity contribution in [3.63, 3.8) is 0 Å². The fraction of sp³-hybridized carbons (Fsp3) is 0.562. The van der Waals surface area contributed by atoms with Crippen molar-refractivity contribution < 1.29 is 0 Å². The molecule has 0 radical (unpaired) electrons. The summed E-state index contributed by atoms with van der Waals surface area (Å²) in [6.45, 7) is 3.31. The normalized spacial score (nSPS) is 26.3. The first-order chi connectivity index (χ1) is 9.16. The first kappa shape index (κ1) is 12.9. The van der Waals surface area contributed by atoms with Crippen LogP contribution in [0.25, 0.3) is 0 Å². The summed E-state index contributed by atoms with van der Waals surface area (Å²) in [6, 6.07) is 7.31. The van der Waals surface area contributed by atoms with Crippen LogP contribution in [0.2, 0.25) is 0 Å². The van der Waals surface area contributed by atoms with E-state index in [1.54, 1.807) is 0 Å². The number of anilines is 1. The molecule has 1 heterocycles. The van der Waals surface area contributed by atoms with E-state index in [9.17, 15) is 0 Å². The molecule has 1 aromatic carbocycles. The van der Waals surface area contributed by atoms with Crippen molar-refractivity contribution in [1.82, 2.24) is 0 Å². The molecule has 2 unspecified atom stereocenters. The van der Waals surface area contributed by atoms with E-state index in [0.29, 0.717) is 4.99 Å². The lowest BCUT2D eigenvalue weighted by atomic mass is 9.91. The number of benzene rings is 1. The predicted octanol–water partition coefficient (Wildman–Crippen LogP) is 3.40. The Kier molecular flexibility index (Phi) is 3.48. The number of thiocarbonyl (C=S) groups is 1. The molecule has 0 spiro atoms. The molecule has 1 aliphatic carbocycles. The quantitative estimate of drug-likeness (QED) is 0.838. The minimum atomic E-state index is 0.501. The summed E-state index contributed by atoms with van der Waals surface area (Å²) < 4.78 is 0. The van der Waals surface area contributed by atoms with Gasteiger partial charge in [0.1, 0.15) is 4.99 Å². The maximum absolute atomic E-state index is 5.75. The fourth-order valence-corrected chi connectivity index (χ4v) is 4.11. The first-order valence-electron chi connectivity index (χ1n) is 7.34. The van der Waals surface area contributed by atoms with Crippen molar-refractivity contribution in [1.29, 1.82) is 0 Å². The lowest BCUT2D eigenvalue weighted by Crippen LogP contribution is -2.42. The summed E-state index contributed by atoms with van der Waals surface area (Å²) in [4.78, 5) is 3.12. The standard InChI is InChI=1S/C16H22N2S/c1-11-10-13(7-8-14(11)16(17)19)18-9-3-5-12-4-2-6-15(12)18/h7-8,10,12,15H,2-6,9H2,1H3,(H2,17,19). The Morgan fingerprint density at radius 1 is 1.26 bits per heavy atom. The topological polar surface area (TPSA) is 29.3 Å². The van der Waals surface area contributed by atoms with Gasteiger partial charge in [0, 0.05) is 23.8 Å². The van der Waals surface area contributed by atoms with Crippen LogP contribution in [-0.4, -0.2) is 17.6 Å². The number of hydrogen-bond donors (Lipinski definition) is 1. The Morgan fingerprint density at radius 3 is 2.79 bits per heavy atom. The highest BCUT2D eigenvalue weighted by molar-refractivity contribution is 7.80. The van der Waals surface area contributed by atoms with Gasteiger partial charge in [0.25, 0.3) is 0 Å². The van der Waals surface area contributed by atoms with Crippen LogP contribution in [0.15, 0.2) is 18.2 Å². The maximum Gasteiger partial charge on any atom is 0.104 e. The van der Waals surface area contributed by atoms with Gasteiger partial charge < -0.3 is 10.6 Å². The zero-order chi connectivity index (χ0) is 13.4. The summed E-state index contributed by atoms with van der Waals surface area (Å²) in [5, 5.41) is 0. The molecule has 2 aliphatic rings. The average molecular weight is 274 g/mol. The summed E-state index contributed by atoms with van der Waals surface area (Å²) in [5.41, 5.74) is 9.31. The number of fused-ring (bicyclic) bond motifs is 1. The number of aryl methyl sites for hydroxylation is 1. The molecule has 0 aromatic heterocycles. The Hall–Kier alpha value is -1.09. The van der Waals surface area contributed by atoms with E-state index in [2.05, 4.69) is 30.0 Å². The third-order valence-corrected chi connectivity index (χ3v) is 5.02.